The predicted octanol–water partition coefficient (Wildman–Crippen LogP) is 2.34. The molecule has 0 radical (unpaired) electrons. The number of carbonyl (C=O) groups excluding carboxylic acids is 3. The minimum Gasteiger partial charge on any atom is -0.467 e. The van der Waals surface area contributed by atoms with E-state index in [1.54, 1.807) is 4.90 Å². The number of hydrogen-bond acceptors (Lipinski definition) is 7. The quantitative estimate of drug-likeness (QED) is 0.507. The Morgan fingerprint density at radius 2 is 1.83 bits per heavy atom. The molecule has 1 fully saturated rings. The van der Waals surface area contributed by atoms with Crippen LogP contribution in [0.15, 0.2) is 30.3 Å². The minimum atomic E-state index is -0.986. The number of nitrogens with zero attached hydrogens (tertiary/aromatic N) is 1. The molecule has 9 heteroatoms. The molecule has 166 valence electrons. The zero-order chi connectivity index (χ0) is 22.1. The fraction of sp³-hybridized carbons (Fsp3) is 0.571. The van der Waals surface area contributed by atoms with Crippen LogP contribution in [-0.4, -0.2) is 68.1 Å². The van der Waals surface area contributed by atoms with Crippen molar-refractivity contribution < 1.29 is 33.3 Å². The van der Waals surface area contributed by atoms with Crippen LogP contribution in [0.1, 0.15) is 26.3 Å². The molecule has 0 saturated carbocycles. The first-order chi connectivity index (χ1) is 14.2. The lowest BCUT2D eigenvalue weighted by atomic mass is 10.0. The first kappa shape index (κ1) is 23.5. The van der Waals surface area contributed by atoms with Crippen LogP contribution in [0.25, 0.3) is 0 Å². The average molecular weight is 422 g/mol. The highest BCUT2D eigenvalue weighted by Crippen LogP contribution is 2.19. The number of likely N-dealkylation sites (tertiary alicyclic amines) is 1. The molecule has 1 heterocycles. The van der Waals surface area contributed by atoms with E-state index in [0.717, 1.165) is 5.56 Å². The summed E-state index contributed by atoms with van der Waals surface area (Å²) in [5.74, 6) is -0.489. The number of benzene rings is 1. The molecule has 30 heavy (non-hydrogen) atoms. The van der Waals surface area contributed by atoms with Gasteiger partial charge in [-0.15, -0.1) is 0 Å². The van der Waals surface area contributed by atoms with Crippen LogP contribution in [0.3, 0.4) is 0 Å². The highest BCUT2D eigenvalue weighted by molar-refractivity contribution is 5.81. The molecule has 1 aromatic rings. The van der Waals surface area contributed by atoms with Crippen LogP contribution in [0.2, 0.25) is 0 Å². The lowest BCUT2D eigenvalue weighted by Gasteiger charge is -2.39. The number of amides is 2. The maximum Gasteiger partial charge on any atom is 0.410 e. The van der Waals surface area contributed by atoms with E-state index in [9.17, 15) is 14.4 Å². The molecule has 0 aromatic heterocycles. The van der Waals surface area contributed by atoms with Crippen molar-refractivity contribution in [3.8, 4) is 0 Å². The Morgan fingerprint density at radius 3 is 2.43 bits per heavy atom. The molecule has 1 aromatic carbocycles. The van der Waals surface area contributed by atoms with Gasteiger partial charge in [-0.2, -0.15) is 0 Å². The molecule has 2 amide bonds. The first-order valence-electron chi connectivity index (χ1n) is 9.78. The molecule has 2 rings (SSSR count). The molecule has 1 aliphatic rings. The maximum atomic E-state index is 12.0. The molecule has 1 N–H and O–H groups in total. The average Bonchev–Trinajstić information content (AvgIpc) is 2.65. The van der Waals surface area contributed by atoms with Crippen LogP contribution in [0.4, 0.5) is 9.59 Å². The zero-order valence-electron chi connectivity index (χ0n) is 17.9. The molecular weight excluding hydrogens is 392 g/mol. The molecule has 9 nitrogen and oxygen atoms in total. The van der Waals surface area contributed by atoms with E-state index >= 15 is 0 Å². The lowest BCUT2D eigenvalue weighted by Crippen LogP contribution is -2.53. The monoisotopic (exact) mass is 422 g/mol. The van der Waals surface area contributed by atoms with Crippen molar-refractivity contribution in [3.63, 3.8) is 0 Å². The van der Waals surface area contributed by atoms with Crippen LogP contribution >= 0.6 is 0 Å². The number of methoxy groups -OCH3 is 1. The Bertz CT molecular complexity index is 712. The third-order valence-corrected chi connectivity index (χ3v) is 4.24. The summed E-state index contributed by atoms with van der Waals surface area (Å²) in [6, 6.07) is 8.21. The standard InChI is InChI=1S/C21H30N2O7/c1-21(2,3)30-20(26)23-10-16(11-23)12-28-14-17(18(24)27-4)22-19(25)29-13-15-8-6-5-7-9-15/h5-9,16-17H,10-14H2,1-4H3,(H,22,25)/t17-/m0/s1. The van der Waals surface area contributed by atoms with Gasteiger partial charge in [-0.25, -0.2) is 14.4 Å². The van der Waals surface area contributed by atoms with Crippen LogP contribution < -0.4 is 5.32 Å². The van der Waals surface area contributed by atoms with Gasteiger partial charge in [0, 0.05) is 19.0 Å². The number of ether oxygens (including phenoxy) is 4. The van der Waals surface area contributed by atoms with E-state index in [0.29, 0.717) is 19.7 Å². The highest BCUT2D eigenvalue weighted by Gasteiger charge is 2.34. The van der Waals surface area contributed by atoms with Gasteiger partial charge >= 0.3 is 18.2 Å². The second kappa shape index (κ2) is 10.8. The molecular formula is C21H30N2O7. The SMILES string of the molecule is COC(=O)[C@H](COCC1CN(C(=O)OC(C)(C)C)C1)NC(=O)OCc1ccccc1. The Labute approximate surface area is 176 Å². The fourth-order valence-corrected chi connectivity index (χ4v) is 2.72. The molecule has 1 saturated heterocycles. The Kier molecular flexibility index (Phi) is 8.46. The molecule has 1 aliphatic heterocycles. The summed E-state index contributed by atoms with van der Waals surface area (Å²) in [7, 11) is 1.23. The van der Waals surface area contributed by atoms with Crippen molar-refractivity contribution >= 4 is 18.2 Å². The Balaban J connectivity index is 1.69. The van der Waals surface area contributed by atoms with E-state index in [-0.39, 0.29) is 25.2 Å². The largest absolute Gasteiger partial charge is 0.467 e. The normalized spacial score (nSPS) is 15.0. The number of carbonyl (C=O) groups is 3. The van der Waals surface area contributed by atoms with Crippen molar-refractivity contribution in [2.45, 2.75) is 39.0 Å². The molecule has 0 unspecified atom stereocenters. The van der Waals surface area contributed by atoms with E-state index < -0.39 is 23.7 Å². The molecule has 1 atom stereocenters. The number of esters is 1. The Hall–Kier alpha value is -2.81. The maximum absolute atomic E-state index is 12.0. The predicted molar refractivity (Wildman–Crippen MR) is 108 cm³/mol. The third kappa shape index (κ3) is 7.90. The van der Waals surface area contributed by atoms with Gasteiger partial charge in [0.2, 0.25) is 0 Å². The fourth-order valence-electron chi connectivity index (χ4n) is 2.72. The number of rotatable bonds is 8. The van der Waals surface area contributed by atoms with Gasteiger partial charge < -0.3 is 29.2 Å². The zero-order valence-corrected chi connectivity index (χ0v) is 17.9. The summed E-state index contributed by atoms with van der Waals surface area (Å²) in [5.41, 5.74) is 0.297. The van der Waals surface area contributed by atoms with E-state index in [2.05, 4.69) is 5.32 Å². The van der Waals surface area contributed by atoms with Crippen molar-refractivity contribution in [3.05, 3.63) is 35.9 Å². The van der Waals surface area contributed by atoms with Crippen molar-refractivity contribution in [2.24, 2.45) is 5.92 Å². The van der Waals surface area contributed by atoms with Gasteiger partial charge in [0.25, 0.3) is 0 Å². The van der Waals surface area contributed by atoms with Crippen molar-refractivity contribution in [1.82, 2.24) is 10.2 Å². The summed E-state index contributed by atoms with van der Waals surface area (Å²) in [4.78, 5) is 37.4. The summed E-state index contributed by atoms with van der Waals surface area (Å²) in [6.45, 7) is 6.85. The summed E-state index contributed by atoms with van der Waals surface area (Å²) < 4.78 is 20.7. The number of hydrogen-bond donors (Lipinski definition) is 1. The van der Waals surface area contributed by atoms with E-state index in [1.165, 1.54) is 7.11 Å². The van der Waals surface area contributed by atoms with Gasteiger partial charge in [-0.1, -0.05) is 30.3 Å². The highest BCUT2D eigenvalue weighted by atomic mass is 16.6. The molecule has 0 bridgehead atoms. The molecule has 0 aliphatic carbocycles. The van der Waals surface area contributed by atoms with Gasteiger partial charge in [-0.05, 0) is 26.3 Å². The summed E-state index contributed by atoms with van der Waals surface area (Å²) in [5, 5.41) is 2.46. The smallest absolute Gasteiger partial charge is 0.410 e. The van der Waals surface area contributed by atoms with Crippen LogP contribution in [0, 0.1) is 5.92 Å². The topological polar surface area (TPSA) is 103 Å². The van der Waals surface area contributed by atoms with Gasteiger partial charge in [-0.3, -0.25) is 0 Å². The van der Waals surface area contributed by atoms with Crippen LogP contribution in [0.5, 0.6) is 0 Å². The second-order valence-corrected chi connectivity index (χ2v) is 8.07. The van der Waals surface area contributed by atoms with Gasteiger partial charge in [0.15, 0.2) is 6.04 Å². The summed E-state index contributed by atoms with van der Waals surface area (Å²) >= 11 is 0. The molecule has 0 spiro atoms. The van der Waals surface area contributed by atoms with Crippen molar-refractivity contribution in [1.29, 1.82) is 0 Å². The number of nitrogens with one attached hydrogen (secondary N) is 1. The van der Waals surface area contributed by atoms with Gasteiger partial charge in [0.05, 0.1) is 20.3 Å². The second-order valence-electron chi connectivity index (χ2n) is 8.07. The van der Waals surface area contributed by atoms with Gasteiger partial charge in [0.1, 0.15) is 12.2 Å². The Morgan fingerprint density at radius 1 is 1.17 bits per heavy atom. The minimum absolute atomic E-state index is 0.0595. The van der Waals surface area contributed by atoms with E-state index in [4.69, 9.17) is 18.9 Å². The summed E-state index contributed by atoms with van der Waals surface area (Å²) in [6.07, 6.45) is -1.09. The van der Waals surface area contributed by atoms with E-state index in [1.807, 2.05) is 51.1 Å². The van der Waals surface area contributed by atoms with Crippen molar-refractivity contribution in [2.75, 3.05) is 33.4 Å². The third-order valence-electron chi connectivity index (χ3n) is 4.24. The number of alkyl carbamates (subject to hydrolysis) is 1. The lowest BCUT2D eigenvalue weighted by molar-refractivity contribution is -0.145. The van der Waals surface area contributed by atoms with Crippen LogP contribution in [-0.2, 0) is 30.3 Å². The first-order valence-corrected chi connectivity index (χ1v) is 9.78.